The molecule has 4 heteroatoms. The molecule has 1 aliphatic rings. The maximum absolute atomic E-state index is 6.35. The summed E-state index contributed by atoms with van der Waals surface area (Å²) >= 11 is 6.35. The van der Waals surface area contributed by atoms with Gasteiger partial charge in [0.1, 0.15) is 0 Å². The predicted octanol–water partition coefficient (Wildman–Crippen LogP) is 2.84. The highest BCUT2D eigenvalue weighted by Gasteiger charge is 2.22. The Morgan fingerprint density at radius 2 is 2.00 bits per heavy atom. The van der Waals surface area contributed by atoms with Gasteiger partial charge in [-0.2, -0.15) is 0 Å². The van der Waals surface area contributed by atoms with E-state index < -0.39 is 0 Å². The highest BCUT2D eigenvalue weighted by molar-refractivity contribution is 6.31. The van der Waals surface area contributed by atoms with Crippen LogP contribution < -0.4 is 10.6 Å². The van der Waals surface area contributed by atoms with Crippen LogP contribution in [0.3, 0.4) is 0 Å². The molecule has 0 radical (unpaired) electrons. The SMILES string of the molecule is CC(N)Cc1ccc(N2C[C@@H](C)O[C@@H](C)C2)cc1Cl. The summed E-state index contributed by atoms with van der Waals surface area (Å²) in [7, 11) is 0. The van der Waals surface area contributed by atoms with Gasteiger partial charge in [0.15, 0.2) is 0 Å². The molecule has 2 rings (SSSR count). The Morgan fingerprint density at radius 3 is 2.53 bits per heavy atom. The molecule has 0 amide bonds. The first kappa shape index (κ1) is 14.6. The minimum Gasteiger partial charge on any atom is -0.372 e. The number of nitrogens with two attached hydrogens (primary N) is 1. The van der Waals surface area contributed by atoms with Crippen LogP contribution in [-0.2, 0) is 11.2 Å². The third-order valence-corrected chi connectivity index (χ3v) is 3.72. The fourth-order valence-electron chi connectivity index (χ4n) is 2.63. The van der Waals surface area contributed by atoms with Gasteiger partial charge in [-0.15, -0.1) is 0 Å². The summed E-state index contributed by atoms with van der Waals surface area (Å²) < 4.78 is 5.75. The van der Waals surface area contributed by atoms with Gasteiger partial charge in [-0.3, -0.25) is 0 Å². The minimum atomic E-state index is 0.131. The van der Waals surface area contributed by atoms with E-state index in [1.54, 1.807) is 0 Å². The normalized spacial score (nSPS) is 25.4. The zero-order valence-corrected chi connectivity index (χ0v) is 12.7. The fraction of sp³-hybridized carbons (Fsp3) is 0.600. The van der Waals surface area contributed by atoms with E-state index in [-0.39, 0.29) is 18.2 Å². The molecule has 0 aliphatic carbocycles. The van der Waals surface area contributed by atoms with E-state index in [0.717, 1.165) is 30.1 Å². The first-order valence-electron chi connectivity index (χ1n) is 6.90. The average Bonchev–Trinajstić information content (AvgIpc) is 2.30. The van der Waals surface area contributed by atoms with E-state index in [1.165, 1.54) is 5.69 Å². The van der Waals surface area contributed by atoms with Crippen molar-refractivity contribution >= 4 is 17.3 Å². The Balaban J connectivity index is 2.15. The van der Waals surface area contributed by atoms with E-state index in [2.05, 4.69) is 30.9 Å². The van der Waals surface area contributed by atoms with E-state index in [4.69, 9.17) is 22.1 Å². The van der Waals surface area contributed by atoms with Gasteiger partial charge >= 0.3 is 0 Å². The first-order valence-corrected chi connectivity index (χ1v) is 7.28. The number of benzene rings is 1. The smallest absolute Gasteiger partial charge is 0.0726 e. The van der Waals surface area contributed by atoms with Crippen molar-refractivity contribution in [3.8, 4) is 0 Å². The maximum Gasteiger partial charge on any atom is 0.0726 e. The molecular weight excluding hydrogens is 260 g/mol. The van der Waals surface area contributed by atoms with E-state index >= 15 is 0 Å². The molecule has 0 bridgehead atoms. The lowest BCUT2D eigenvalue weighted by Crippen LogP contribution is -2.45. The monoisotopic (exact) mass is 282 g/mol. The number of rotatable bonds is 3. The lowest BCUT2D eigenvalue weighted by molar-refractivity contribution is -0.00521. The Kier molecular flexibility index (Phi) is 4.71. The van der Waals surface area contributed by atoms with Crippen molar-refractivity contribution in [1.29, 1.82) is 0 Å². The molecule has 1 heterocycles. The Morgan fingerprint density at radius 1 is 1.37 bits per heavy atom. The number of hydrogen-bond acceptors (Lipinski definition) is 3. The summed E-state index contributed by atoms with van der Waals surface area (Å²) in [6.07, 6.45) is 1.33. The first-order chi connectivity index (χ1) is 8.95. The van der Waals surface area contributed by atoms with Gasteiger partial charge in [0.05, 0.1) is 12.2 Å². The molecule has 3 nitrogen and oxygen atoms in total. The van der Waals surface area contributed by atoms with Gasteiger partial charge in [0.25, 0.3) is 0 Å². The van der Waals surface area contributed by atoms with Crippen LogP contribution in [0.4, 0.5) is 5.69 Å². The molecule has 1 aromatic carbocycles. The van der Waals surface area contributed by atoms with Gasteiger partial charge in [-0.1, -0.05) is 17.7 Å². The molecule has 0 saturated carbocycles. The number of anilines is 1. The molecule has 1 saturated heterocycles. The highest BCUT2D eigenvalue weighted by atomic mass is 35.5. The zero-order valence-electron chi connectivity index (χ0n) is 11.9. The van der Waals surface area contributed by atoms with E-state index in [1.807, 2.05) is 13.0 Å². The predicted molar refractivity (Wildman–Crippen MR) is 81.0 cm³/mol. The molecule has 1 aromatic rings. The summed E-state index contributed by atoms with van der Waals surface area (Å²) in [4.78, 5) is 2.33. The van der Waals surface area contributed by atoms with Crippen LogP contribution in [0.1, 0.15) is 26.3 Å². The molecule has 1 fully saturated rings. The summed E-state index contributed by atoms with van der Waals surface area (Å²) in [6, 6.07) is 6.40. The maximum atomic E-state index is 6.35. The van der Waals surface area contributed by atoms with Crippen molar-refractivity contribution in [3.63, 3.8) is 0 Å². The van der Waals surface area contributed by atoms with E-state index in [9.17, 15) is 0 Å². The van der Waals surface area contributed by atoms with Crippen molar-refractivity contribution in [2.24, 2.45) is 5.73 Å². The summed E-state index contributed by atoms with van der Waals surface area (Å²) in [5.74, 6) is 0. The lowest BCUT2D eigenvalue weighted by atomic mass is 10.1. The van der Waals surface area contributed by atoms with Gasteiger partial charge in [-0.05, 0) is 44.9 Å². The summed E-state index contributed by atoms with van der Waals surface area (Å²) in [6.45, 7) is 8.03. The minimum absolute atomic E-state index is 0.131. The molecule has 1 aliphatic heterocycles. The van der Waals surface area contributed by atoms with Crippen LogP contribution in [0.25, 0.3) is 0 Å². The number of halogens is 1. The zero-order chi connectivity index (χ0) is 14.0. The topological polar surface area (TPSA) is 38.5 Å². The van der Waals surface area contributed by atoms with Gasteiger partial charge < -0.3 is 15.4 Å². The summed E-state index contributed by atoms with van der Waals surface area (Å²) in [5, 5.41) is 0.807. The fourth-order valence-corrected chi connectivity index (χ4v) is 2.89. The standard InChI is InChI=1S/C15H23ClN2O/c1-10(17)6-13-4-5-14(7-15(13)16)18-8-11(2)19-12(3)9-18/h4-5,7,10-12H,6,8-9,17H2,1-3H3/t10?,11-,12+. The molecule has 19 heavy (non-hydrogen) atoms. The highest BCUT2D eigenvalue weighted by Crippen LogP contribution is 2.26. The lowest BCUT2D eigenvalue weighted by Gasteiger charge is -2.37. The Hall–Kier alpha value is -0.770. The third kappa shape index (κ3) is 3.85. The number of ether oxygens (including phenoxy) is 1. The number of hydrogen-bond donors (Lipinski definition) is 1. The van der Waals surface area contributed by atoms with Crippen LogP contribution in [0, 0.1) is 0 Å². The van der Waals surface area contributed by atoms with Crippen LogP contribution in [-0.4, -0.2) is 31.3 Å². The van der Waals surface area contributed by atoms with E-state index in [0.29, 0.717) is 0 Å². The van der Waals surface area contributed by atoms with Crippen molar-refractivity contribution in [2.45, 2.75) is 45.4 Å². The Bertz CT molecular complexity index is 426. The van der Waals surface area contributed by atoms with Crippen molar-refractivity contribution in [3.05, 3.63) is 28.8 Å². The van der Waals surface area contributed by atoms with Gasteiger partial charge in [0.2, 0.25) is 0 Å². The van der Waals surface area contributed by atoms with Crippen LogP contribution >= 0.6 is 11.6 Å². The van der Waals surface area contributed by atoms with Crippen molar-refractivity contribution in [2.75, 3.05) is 18.0 Å². The van der Waals surface area contributed by atoms with Gasteiger partial charge in [-0.25, -0.2) is 0 Å². The molecule has 3 atom stereocenters. The molecule has 2 N–H and O–H groups in total. The second-order valence-corrected chi connectivity index (χ2v) is 6.03. The second-order valence-electron chi connectivity index (χ2n) is 5.62. The largest absolute Gasteiger partial charge is 0.372 e. The molecule has 1 unspecified atom stereocenters. The average molecular weight is 283 g/mol. The number of morpholine rings is 1. The number of nitrogens with zero attached hydrogens (tertiary/aromatic N) is 1. The summed E-state index contributed by atoms with van der Waals surface area (Å²) in [5.41, 5.74) is 8.11. The molecular formula is C15H23ClN2O. The molecule has 0 aromatic heterocycles. The molecule has 0 spiro atoms. The molecule has 106 valence electrons. The van der Waals surface area contributed by atoms with Crippen molar-refractivity contribution in [1.82, 2.24) is 0 Å². The van der Waals surface area contributed by atoms with Crippen molar-refractivity contribution < 1.29 is 4.74 Å². The quantitative estimate of drug-likeness (QED) is 0.926. The van der Waals surface area contributed by atoms with Crippen LogP contribution in [0.2, 0.25) is 5.02 Å². The second kappa shape index (κ2) is 6.12. The van der Waals surface area contributed by atoms with Gasteiger partial charge in [0, 0.05) is 29.8 Å². The van der Waals surface area contributed by atoms with Crippen LogP contribution in [0.5, 0.6) is 0 Å². The van der Waals surface area contributed by atoms with Crippen LogP contribution in [0.15, 0.2) is 18.2 Å². The Labute approximate surface area is 120 Å². The third-order valence-electron chi connectivity index (χ3n) is 3.36.